The summed E-state index contributed by atoms with van der Waals surface area (Å²) in [6.45, 7) is 8.45. The van der Waals surface area contributed by atoms with E-state index >= 15 is 0 Å². The molecule has 25 heavy (non-hydrogen) atoms. The van der Waals surface area contributed by atoms with Crippen LogP contribution in [0.4, 0.5) is 0 Å². The number of carbonyl (C=O) groups is 4. The first-order valence-electron chi connectivity index (χ1n) is 8.18. The molecule has 7 nitrogen and oxygen atoms in total. The summed E-state index contributed by atoms with van der Waals surface area (Å²) < 4.78 is 10.2. The maximum absolute atomic E-state index is 13.1. The van der Waals surface area contributed by atoms with Crippen LogP contribution in [0.1, 0.15) is 47.5 Å². The van der Waals surface area contributed by atoms with Crippen molar-refractivity contribution in [3.05, 3.63) is 0 Å². The van der Waals surface area contributed by atoms with Crippen LogP contribution in [0.2, 0.25) is 0 Å². The molecule has 0 spiro atoms. The summed E-state index contributed by atoms with van der Waals surface area (Å²) in [5.74, 6) is -1.75. The Kier molecular flexibility index (Phi) is 7.05. The molecule has 0 radical (unpaired) electrons. The minimum absolute atomic E-state index is 0.0363. The van der Waals surface area contributed by atoms with Crippen molar-refractivity contribution < 1.29 is 28.7 Å². The van der Waals surface area contributed by atoms with Gasteiger partial charge in [0.15, 0.2) is 10.5 Å². The van der Waals surface area contributed by atoms with E-state index in [4.69, 9.17) is 9.47 Å². The first-order valence-corrected chi connectivity index (χ1v) is 9.16. The molecular weight excluding hydrogens is 346 g/mol. The van der Waals surface area contributed by atoms with E-state index in [1.54, 1.807) is 20.8 Å². The van der Waals surface area contributed by atoms with E-state index < -0.39 is 34.9 Å². The zero-order valence-corrected chi connectivity index (χ0v) is 16.5. The van der Waals surface area contributed by atoms with Crippen LogP contribution in [-0.4, -0.2) is 58.9 Å². The maximum Gasteiger partial charge on any atom is 0.329 e. The van der Waals surface area contributed by atoms with Crippen molar-refractivity contribution in [3.8, 4) is 0 Å². The van der Waals surface area contributed by atoms with Gasteiger partial charge >= 0.3 is 11.9 Å². The molecule has 8 heteroatoms. The average molecular weight is 373 g/mol. The quantitative estimate of drug-likeness (QED) is 0.536. The van der Waals surface area contributed by atoms with Crippen molar-refractivity contribution in [3.63, 3.8) is 0 Å². The number of amides is 1. The molecule has 0 N–H and O–H groups in total. The van der Waals surface area contributed by atoms with Crippen molar-refractivity contribution >= 4 is 34.7 Å². The molecular formula is C17H27NO6S. The molecule has 0 aliphatic carbocycles. The monoisotopic (exact) mass is 373 g/mol. The second-order valence-electron chi connectivity index (χ2n) is 7.29. The predicted molar refractivity (Wildman–Crippen MR) is 93.8 cm³/mol. The first kappa shape index (κ1) is 21.5. The first-order chi connectivity index (χ1) is 11.4. The molecule has 0 aromatic rings. The highest BCUT2D eigenvalue weighted by Crippen LogP contribution is 2.32. The minimum Gasteiger partial charge on any atom is -0.468 e. The average Bonchev–Trinajstić information content (AvgIpc) is 2.98. The summed E-state index contributed by atoms with van der Waals surface area (Å²) in [6, 6.07) is -0.724. The number of methoxy groups -OCH3 is 1. The Morgan fingerprint density at radius 3 is 2.24 bits per heavy atom. The number of hydrogen-bond donors (Lipinski definition) is 0. The fraction of sp³-hybridized carbons (Fsp3) is 0.765. The molecule has 1 unspecified atom stereocenters. The number of carbonyl (C=O) groups excluding carboxylic acids is 4. The summed E-state index contributed by atoms with van der Waals surface area (Å²) in [5.41, 5.74) is -2.19. The van der Waals surface area contributed by atoms with Gasteiger partial charge in [-0.15, -0.1) is 0 Å². The third kappa shape index (κ3) is 5.45. The lowest BCUT2D eigenvalue weighted by Crippen LogP contribution is -2.53. The predicted octanol–water partition coefficient (Wildman–Crippen LogP) is 1.78. The van der Waals surface area contributed by atoms with Gasteiger partial charge in [0.25, 0.3) is 0 Å². The van der Waals surface area contributed by atoms with Crippen LogP contribution in [0.3, 0.4) is 0 Å². The molecule has 1 rings (SSSR count). The van der Waals surface area contributed by atoms with E-state index in [2.05, 4.69) is 0 Å². The van der Waals surface area contributed by atoms with Gasteiger partial charge in [-0.1, -0.05) is 11.8 Å². The Morgan fingerprint density at radius 2 is 1.76 bits per heavy atom. The van der Waals surface area contributed by atoms with E-state index in [1.807, 2.05) is 0 Å². The van der Waals surface area contributed by atoms with Gasteiger partial charge in [-0.25, -0.2) is 4.79 Å². The summed E-state index contributed by atoms with van der Waals surface area (Å²) in [6.07, 6.45) is 1.13. The molecule has 0 aromatic carbocycles. The number of likely N-dealkylation sites (tertiary alicyclic amines) is 1. The summed E-state index contributed by atoms with van der Waals surface area (Å²) >= 11 is 0.885. The van der Waals surface area contributed by atoms with Crippen LogP contribution in [0.15, 0.2) is 0 Å². The lowest BCUT2D eigenvalue weighted by molar-refractivity contribution is -0.169. The molecule has 1 amide bonds. The Labute approximate surface area is 152 Å². The fourth-order valence-electron chi connectivity index (χ4n) is 2.62. The molecule has 1 saturated heterocycles. The van der Waals surface area contributed by atoms with Gasteiger partial charge in [0.1, 0.15) is 11.6 Å². The van der Waals surface area contributed by atoms with E-state index in [0.717, 1.165) is 11.8 Å². The smallest absolute Gasteiger partial charge is 0.329 e. The highest BCUT2D eigenvalue weighted by atomic mass is 32.2. The van der Waals surface area contributed by atoms with Gasteiger partial charge in [-0.05, 0) is 40.5 Å². The lowest BCUT2D eigenvalue weighted by Gasteiger charge is -2.33. The molecule has 1 aliphatic rings. The van der Waals surface area contributed by atoms with Gasteiger partial charge in [-0.2, -0.15) is 0 Å². The SMILES string of the molecule is COC(=O)C(C)(CSC(C)=O)C(=O)N1CCC[C@H]1C(=O)OC(C)(C)C. The lowest BCUT2D eigenvalue weighted by atomic mass is 9.91. The maximum atomic E-state index is 13.1. The van der Waals surface area contributed by atoms with E-state index in [-0.39, 0.29) is 10.9 Å². The van der Waals surface area contributed by atoms with Gasteiger partial charge in [0.2, 0.25) is 5.91 Å². The zero-order valence-electron chi connectivity index (χ0n) is 15.7. The molecule has 0 saturated carbocycles. The number of hydrogen-bond acceptors (Lipinski definition) is 7. The number of thioether (sulfide) groups is 1. The van der Waals surface area contributed by atoms with Gasteiger partial charge in [0, 0.05) is 19.2 Å². The van der Waals surface area contributed by atoms with Crippen LogP contribution < -0.4 is 0 Å². The number of rotatable bonds is 5. The van der Waals surface area contributed by atoms with Crippen LogP contribution >= 0.6 is 11.8 Å². The van der Waals surface area contributed by atoms with Crippen molar-refractivity contribution in [2.75, 3.05) is 19.4 Å². The molecule has 1 fully saturated rings. The molecule has 0 bridgehead atoms. The van der Waals surface area contributed by atoms with Gasteiger partial charge in [0.05, 0.1) is 7.11 Å². The van der Waals surface area contributed by atoms with Crippen molar-refractivity contribution in [1.29, 1.82) is 0 Å². The van der Waals surface area contributed by atoms with Crippen LogP contribution in [0, 0.1) is 5.41 Å². The second-order valence-corrected chi connectivity index (χ2v) is 8.45. The van der Waals surface area contributed by atoms with Crippen LogP contribution in [0.5, 0.6) is 0 Å². The Balaban J connectivity index is 3.03. The summed E-state index contributed by atoms with van der Waals surface area (Å²) in [7, 11) is 1.20. The standard InChI is InChI=1S/C17H27NO6S/c1-11(19)25-10-17(5,15(22)23-6)14(21)18-9-7-8-12(18)13(20)24-16(2,3)4/h12H,7-10H2,1-6H3/t12-,17?/m0/s1. The fourth-order valence-corrected chi connectivity index (χ4v) is 3.35. The number of nitrogens with zero attached hydrogens (tertiary/aromatic N) is 1. The Hall–Kier alpha value is -1.57. The molecule has 2 atom stereocenters. The molecule has 1 aliphatic heterocycles. The molecule has 1 heterocycles. The summed E-state index contributed by atoms with van der Waals surface area (Å²) in [5, 5.41) is -0.201. The van der Waals surface area contributed by atoms with Gasteiger partial charge in [-0.3, -0.25) is 14.4 Å². The van der Waals surface area contributed by atoms with E-state index in [0.29, 0.717) is 19.4 Å². The van der Waals surface area contributed by atoms with Crippen LogP contribution in [0.25, 0.3) is 0 Å². The normalized spacial score (nSPS) is 19.9. The van der Waals surface area contributed by atoms with E-state index in [9.17, 15) is 19.2 Å². The largest absolute Gasteiger partial charge is 0.468 e. The highest BCUT2D eigenvalue weighted by Gasteiger charge is 2.49. The zero-order chi connectivity index (χ0) is 19.4. The Morgan fingerprint density at radius 1 is 1.16 bits per heavy atom. The Bertz CT molecular complexity index is 556. The van der Waals surface area contributed by atoms with E-state index in [1.165, 1.54) is 25.9 Å². The number of esters is 2. The third-order valence-corrected chi connectivity index (χ3v) is 4.99. The van der Waals surface area contributed by atoms with Crippen molar-refractivity contribution in [2.45, 2.75) is 59.1 Å². The van der Waals surface area contributed by atoms with Crippen molar-refractivity contribution in [2.24, 2.45) is 5.41 Å². The molecule has 0 aromatic heterocycles. The minimum atomic E-state index is -1.53. The summed E-state index contributed by atoms with van der Waals surface area (Å²) in [4.78, 5) is 50.4. The molecule has 142 valence electrons. The van der Waals surface area contributed by atoms with Gasteiger partial charge < -0.3 is 14.4 Å². The second kappa shape index (κ2) is 8.21. The van der Waals surface area contributed by atoms with Crippen LogP contribution in [-0.2, 0) is 28.7 Å². The number of ether oxygens (including phenoxy) is 2. The highest BCUT2D eigenvalue weighted by molar-refractivity contribution is 8.13. The third-order valence-electron chi connectivity index (χ3n) is 3.86. The van der Waals surface area contributed by atoms with Crippen molar-refractivity contribution in [1.82, 2.24) is 4.90 Å². The topological polar surface area (TPSA) is 90.0 Å².